The highest BCUT2D eigenvalue weighted by Gasteiger charge is 2.22. The van der Waals surface area contributed by atoms with Crippen LogP contribution in [0.25, 0.3) is 27.9 Å². The number of carbonyl (C=O) groups is 1. The number of nitrogens with one attached hydrogen (secondary N) is 1. The topological polar surface area (TPSA) is 95.3 Å². The van der Waals surface area contributed by atoms with Gasteiger partial charge in [-0.1, -0.05) is 30.3 Å². The number of amides is 1. The minimum atomic E-state index is -0.553. The van der Waals surface area contributed by atoms with Gasteiger partial charge in [-0.15, -0.1) is 5.10 Å². The van der Waals surface area contributed by atoms with Crippen LogP contribution >= 0.6 is 0 Å². The van der Waals surface area contributed by atoms with E-state index in [1.165, 1.54) is 40.3 Å². The number of hydrogen-bond donors (Lipinski definition) is 1. The first-order valence-corrected chi connectivity index (χ1v) is 10.1. The van der Waals surface area contributed by atoms with Crippen molar-refractivity contribution >= 4 is 28.4 Å². The van der Waals surface area contributed by atoms with Gasteiger partial charge in [-0.2, -0.15) is 0 Å². The quantitative estimate of drug-likeness (QED) is 0.458. The van der Waals surface area contributed by atoms with Crippen molar-refractivity contribution in [3.05, 3.63) is 87.4 Å². The van der Waals surface area contributed by atoms with Gasteiger partial charge in [0, 0.05) is 31.5 Å². The summed E-state index contributed by atoms with van der Waals surface area (Å²) in [5.74, 6) is -0.813. The summed E-state index contributed by atoms with van der Waals surface area (Å²) in [6.07, 6.45) is 1.80. The Balaban J connectivity index is 1.67. The molecular formula is C23H19FN6O3. The Morgan fingerprint density at radius 2 is 1.70 bits per heavy atom. The molecule has 0 saturated carbocycles. The fourth-order valence-corrected chi connectivity index (χ4v) is 3.95. The number of halogens is 1. The second-order valence-corrected chi connectivity index (χ2v) is 7.71. The molecule has 5 aromatic rings. The zero-order valence-electron chi connectivity index (χ0n) is 17.8. The highest BCUT2D eigenvalue weighted by molar-refractivity contribution is 5.94. The van der Waals surface area contributed by atoms with Crippen LogP contribution < -0.4 is 16.6 Å². The number of carbonyl (C=O) groups excluding carboxylic acids is 1. The van der Waals surface area contributed by atoms with Gasteiger partial charge in [0.05, 0.1) is 5.52 Å². The summed E-state index contributed by atoms with van der Waals surface area (Å²) in [4.78, 5) is 38.9. The van der Waals surface area contributed by atoms with E-state index in [-0.39, 0.29) is 17.9 Å². The number of rotatable bonds is 4. The van der Waals surface area contributed by atoms with Gasteiger partial charge in [0.15, 0.2) is 0 Å². The van der Waals surface area contributed by atoms with Gasteiger partial charge in [-0.25, -0.2) is 18.3 Å². The van der Waals surface area contributed by atoms with E-state index in [1.807, 2.05) is 30.3 Å². The summed E-state index contributed by atoms with van der Waals surface area (Å²) in [5, 5.41) is 6.87. The first-order valence-electron chi connectivity index (χ1n) is 10.1. The molecule has 10 heteroatoms. The predicted octanol–water partition coefficient (Wildman–Crippen LogP) is 2.13. The van der Waals surface area contributed by atoms with Gasteiger partial charge in [0.1, 0.15) is 17.9 Å². The Morgan fingerprint density at radius 3 is 2.39 bits per heavy atom. The van der Waals surface area contributed by atoms with Gasteiger partial charge >= 0.3 is 5.69 Å². The maximum atomic E-state index is 13.3. The van der Waals surface area contributed by atoms with E-state index in [9.17, 15) is 18.8 Å². The second kappa shape index (κ2) is 7.59. The SMILES string of the molecule is Cn1cc(-c2ccccc2)c2c1c(=O)n(C)c1nn(CC(=O)Nc3ccc(F)cc3)c(=O)n21. The summed E-state index contributed by atoms with van der Waals surface area (Å²) in [6.45, 7) is -0.374. The maximum Gasteiger partial charge on any atom is 0.352 e. The Bertz CT molecular complexity index is 1640. The molecule has 1 N–H and O–H groups in total. The Hall–Kier alpha value is -4.47. The number of anilines is 1. The molecule has 0 saturated heterocycles. The fourth-order valence-electron chi connectivity index (χ4n) is 3.95. The van der Waals surface area contributed by atoms with Crippen LogP contribution in [0.5, 0.6) is 0 Å². The van der Waals surface area contributed by atoms with Gasteiger partial charge < -0.3 is 9.88 Å². The number of benzene rings is 2. The van der Waals surface area contributed by atoms with Crippen LogP contribution in [0.1, 0.15) is 0 Å². The van der Waals surface area contributed by atoms with Gasteiger partial charge in [-0.05, 0) is 29.8 Å². The van der Waals surface area contributed by atoms with Crippen LogP contribution in [0.2, 0.25) is 0 Å². The standard InChI is InChI=1S/C23H19FN6O3/c1-27-12-17(14-6-4-3-5-7-14)19-20(27)21(32)28(2)22-26-29(23(33)30(19)22)13-18(31)25-16-10-8-15(24)9-11-16/h3-12H,13H2,1-2H3,(H,25,31). The van der Waals surface area contributed by atoms with Crippen molar-refractivity contribution in [2.75, 3.05) is 5.32 Å². The molecule has 0 aliphatic rings. The lowest BCUT2D eigenvalue weighted by Gasteiger charge is -2.04. The van der Waals surface area contributed by atoms with E-state index in [2.05, 4.69) is 10.4 Å². The average Bonchev–Trinajstić information content (AvgIpc) is 3.31. The zero-order chi connectivity index (χ0) is 23.3. The van der Waals surface area contributed by atoms with Crippen molar-refractivity contribution in [2.45, 2.75) is 6.54 Å². The molecule has 5 rings (SSSR count). The highest BCUT2D eigenvalue weighted by atomic mass is 19.1. The van der Waals surface area contributed by atoms with Crippen LogP contribution in [-0.4, -0.2) is 29.2 Å². The van der Waals surface area contributed by atoms with Gasteiger partial charge in [0.25, 0.3) is 5.56 Å². The normalized spacial score (nSPS) is 11.4. The molecular weight excluding hydrogens is 427 g/mol. The van der Waals surface area contributed by atoms with Crippen molar-refractivity contribution < 1.29 is 9.18 Å². The molecule has 3 heterocycles. The van der Waals surface area contributed by atoms with Gasteiger partial charge in [0.2, 0.25) is 11.7 Å². The van der Waals surface area contributed by atoms with E-state index in [4.69, 9.17) is 0 Å². The van der Waals surface area contributed by atoms with E-state index >= 15 is 0 Å². The second-order valence-electron chi connectivity index (χ2n) is 7.71. The number of aryl methyl sites for hydroxylation is 2. The summed E-state index contributed by atoms with van der Waals surface area (Å²) < 4.78 is 18.4. The summed E-state index contributed by atoms with van der Waals surface area (Å²) >= 11 is 0. The van der Waals surface area contributed by atoms with Crippen molar-refractivity contribution in [3.63, 3.8) is 0 Å². The van der Waals surface area contributed by atoms with Crippen molar-refractivity contribution in [3.8, 4) is 11.1 Å². The molecule has 0 atom stereocenters. The molecule has 9 nitrogen and oxygen atoms in total. The van der Waals surface area contributed by atoms with E-state index in [1.54, 1.807) is 17.8 Å². The highest BCUT2D eigenvalue weighted by Crippen LogP contribution is 2.28. The van der Waals surface area contributed by atoms with Crippen LogP contribution in [0.15, 0.2) is 70.4 Å². The predicted molar refractivity (Wildman–Crippen MR) is 122 cm³/mol. The summed E-state index contributed by atoms with van der Waals surface area (Å²) in [6, 6.07) is 14.7. The zero-order valence-corrected chi connectivity index (χ0v) is 17.8. The molecule has 33 heavy (non-hydrogen) atoms. The molecule has 0 aliphatic carbocycles. The maximum absolute atomic E-state index is 13.3. The Kier molecular flexibility index (Phi) is 4.70. The third-order valence-electron chi connectivity index (χ3n) is 5.51. The van der Waals surface area contributed by atoms with Crippen molar-refractivity contribution in [1.82, 2.24) is 23.3 Å². The molecule has 1 amide bonds. The minimum absolute atomic E-state index is 0.121. The van der Waals surface area contributed by atoms with E-state index in [0.29, 0.717) is 22.3 Å². The number of hydrogen-bond acceptors (Lipinski definition) is 4. The summed E-state index contributed by atoms with van der Waals surface area (Å²) in [5.41, 5.74) is 1.85. The number of nitrogens with zero attached hydrogens (tertiary/aromatic N) is 5. The molecule has 0 bridgehead atoms. The Morgan fingerprint density at radius 1 is 1.00 bits per heavy atom. The third kappa shape index (κ3) is 3.32. The van der Waals surface area contributed by atoms with Crippen molar-refractivity contribution in [2.24, 2.45) is 14.1 Å². The molecule has 0 fully saturated rings. The molecule has 0 radical (unpaired) electrons. The third-order valence-corrected chi connectivity index (χ3v) is 5.51. The van der Waals surface area contributed by atoms with E-state index in [0.717, 1.165) is 10.2 Å². The lowest BCUT2D eigenvalue weighted by molar-refractivity contribution is -0.117. The molecule has 0 spiro atoms. The van der Waals surface area contributed by atoms with E-state index < -0.39 is 17.4 Å². The number of fused-ring (bicyclic) bond motifs is 3. The van der Waals surface area contributed by atoms with Crippen LogP contribution in [0.3, 0.4) is 0 Å². The first kappa shape index (κ1) is 20.4. The molecule has 166 valence electrons. The average molecular weight is 446 g/mol. The monoisotopic (exact) mass is 446 g/mol. The van der Waals surface area contributed by atoms with Crippen LogP contribution in [0.4, 0.5) is 10.1 Å². The first-order chi connectivity index (χ1) is 15.8. The molecule has 2 aromatic carbocycles. The largest absolute Gasteiger partial charge is 0.352 e. The minimum Gasteiger partial charge on any atom is -0.344 e. The van der Waals surface area contributed by atoms with Crippen molar-refractivity contribution in [1.29, 1.82) is 0 Å². The fraction of sp³-hybridized carbons (Fsp3) is 0.130. The lowest BCUT2D eigenvalue weighted by Crippen LogP contribution is -2.29. The van der Waals surface area contributed by atoms with Crippen LogP contribution in [-0.2, 0) is 25.4 Å². The number of aromatic nitrogens is 5. The van der Waals surface area contributed by atoms with Gasteiger partial charge in [-0.3, -0.25) is 14.2 Å². The Labute approximate surface area is 185 Å². The smallest absolute Gasteiger partial charge is 0.344 e. The molecule has 0 unspecified atom stereocenters. The molecule has 0 aliphatic heterocycles. The van der Waals surface area contributed by atoms with Crippen LogP contribution in [0, 0.1) is 5.82 Å². The summed E-state index contributed by atoms with van der Waals surface area (Å²) in [7, 11) is 3.27. The molecule has 3 aromatic heterocycles. The lowest BCUT2D eigenvalue weighted by atomic mass is 10.1.